The second-order valence-electron chi connectivity index (χ2n) is 4.46. The largest absolute Gasteiger partial charge is 0.490 e. The van der Waals surface area contributed by atoms with Crippen LogP contribution in [0.15, 0.2) is 23.7 Å². The Hall–Kier alpha value is -1.17. The van der Waals surface area contributed by atoms with Crippen LogP contribution in [0.2, 0.25) is 0 Å². The molecule has 102 valence electrons. The zero-order valence-corrected chi connectivity index (χ0v) is 11.5. The normalized spacial score (nSPS) is 19.7. The van der Waals surface area contributed by atoms with Crippen LogP contribution >= 0.6 is 11.3 Å². The van der Waals surface area contributed by atoms with Gasteiger partial charge in [-0.1, -0.05) is 0 Å². The number of nitrogens with zero attached hydrogens (tertiary/aromatic N) is 1. The van der Waals surface area contributed by atoms with Crippen molar-refractivity contribution < 1.29 is 14.2 Å². The van der Waals surface area contributed by atoms with Crippen molar-refractivity contribution in [2.75, 3.05) is 19.8 Å². The molecule has 0 N–H and O–H groups in total. The van der Waals surface area contributed by atoms with E-state index in [4.69, 9.17) is 14.2 Å². The van der Waals surface area contributed by atoms with E-state index < -0.39 is 0 Å². The van der Waals surface area contributed by atoms with Gasteiger partial charge in [-0.25, -0.2) is 0 Å². The third kappa shape index (κ3) is 3.23. The van der Waals surface area contributed by atoms with E-state index in [9.17, 15) is 0 Å². The van der Waals surface area contributed by atoms with Gasteiger partial charge in [0.1, 0.15) is 12.4 Å². The monoisotopic (exact) mass is 279 g/mol. The highest BCUT2D eigenvalue weighted by Crippen LogP contribution is 2.28. The van der Waals surface area contributed by atoms with Gasteiger partial charge in [-0.3, -0.25) is 4.98 Å². The second kappa shape index (κ2) is 6.32. The molecule has 0 bridgehead atoms. The first-order chi connectivity index (χ1) is 9.43. The third-order valence-electron chi connectivity index (χ3n) is 3.09. The van der Waals surface area contributed by atoms with Gasteiger partial charge in [0, 0.05) is 12.8 Å². The van der Waals surface area contributed by atoms with Crippen LogP contribution in [0.25, 0.3) is 10.2 Å². The fourth-order valence-corrected chi connectivity index (χ4v) is 2.95. The molecular formula is C14H17NO3S. The summed E-state index contributed by atoms with van der Waals surface area (Å²) in [6, 6.07) is 3.90. The minimum Gasteiger partial charge on any atom is -0.490 e. The molecule has 4 nitrogen and oxygen atoms in total. The predicted octanol–water partition coefficient (Wildman–Crippen LogP) is 3.22. The first kappa shape index (κ1) is 12.8. The standard InChI is InChI=1S/C14H17NO3S/c1-2-7-17-13(3-1)18-9-8-16-12-4-6-15-11-5-10-19-14(11)12/h4-6,10,13H,1-3,7-9H2/t13-/m0/s1. The third-order valence-corrected chi connectivity index (χ3v) is 4.01. The first-order valence-electron chi connectivity index (χ1n) is 6.62. The van der Waals surface area contributed by atoms with Crippen molar-refractivity contribution in [1.82, 2.24) is 4.98 Å². The molecule has 1 atom stereocenters. The molecule has 5 heteroatoms. The van der Waals surface area contributed by atoms with Gasteiger partial charge in [-0.05, 0) is 36.8 Å². The number of rotatable bonds is 5. The van der Waals surface area contributed by atoms with Crippen LogP contribution in [-0.4, -0.2) is 31.1 Å². The number of pyridine rings is 1. The maximum absolute atomic E-state index is 5.76. The van der Waals surface area contributed by atoms with Crippen LogP contribution in [0.5, 0.6) is 5.75 Å². The topological polar surface area (TPSA) is 40.6 Å². The van der Waals surface area contributed by atoms with Crippen LogP contribution in [0.4, 0.5) is 0 Å². The highest BCUT2D eigenvalue weighted by molar-refractivity contribution is 7.17. The Bertz CT molecular complexity index is 522. The molecule has 0 aromatic carbocycles. The van der Waals surface area contributed by atoms with Crippen LogP contribution in [0.1, 0.15) is 19.3 Å². The van der Waals surface area contributed by atoms with Crippen LogP contribution in [0.3, 0.4) is 0 Å². The van der Waals surface area contributed by atoms with Crippen LogP contribution in [0, 0.1) is 0 Å². The number of hydrogen-bond acceptors (Lipinski definition) is 5. The number of hydrogen-bond donors (Lipinski definition) is 0. The number of thiophene rings is 1. The molecule has 0 saturated carbocycles. The molecule has 1 saturated heterocycles. The molecule has 0 radical (unpaired) electrons. The number of ether oxygens (including phenoxy) is 3. The van der Waals surface area contributed by atoms with Crippen molar-refractivity contribution in [3.8, 4) is 5.75 Å². The Morgan fingerprint density at radius 3 is 3.21 bits per heavy atom. The predicted molar refractivity (Wildman–Crippen MR) is 74.7 cm³/mol. The Morgan fingerprint density at radius 2 is 2.32 bits per heavy atom. The summed E-state index contributed by atoms with van der Waals surface area (Å²) in [7, 11) is 0. The van der Waals surface area contributed by atoms with Gasteiger partial charge in [0.15, 0.2) is 6.29 Å². The Kier molecular flexibility index (Phi) is 4.27. The molecule has 1 aliphatic rings. The molecule has 3 rings (SSSR count). The summed E-state index contributed by atoms with van der Waals surface area (Å²) >= 11 is 1.65. The number of aromatic nitrogens is 1. The Balaban J connectivity index is 1.48. The molecule has 2 aromatic rings. The fraction of sp³-hybridized carbons (Fsp3) is 0.500. The van der Waals surface area contributed by atoms with Crippen molar-refractivity contribution in [2.24, 2.45) is 0 Å². The zero-order chi connectivity index (χ0) is 12.9. The molecule has 19 heavy (non-hydrogen) atoms. The van der Waals surface area contributed by atoms with Gasteiger partial charge < -0.3 is 14.2 Å². The van der Waals surface area contributed by atoms with Gasteiger partial charge in [0.2, 0.25) is 0 Å². The lowest BCUT2D eigenvalue weighted by Crippen LogP contribution is -2.24. The molecule has 0 amide bonds. The zero-order valence-electron chi connectivity index (χ0n) is 10.7. The average molecular weight is 279 g/mol. The maximum Gasteiger partial charge on any atom is 0.157 e. The van der Waals surface area contributed by atoms with Crippen molar-refractivity contribution >= 4 is 21.6 Å². The maximum atomic E-state index is 5.76. The molecule has 1 fully saturated rings. The summed E-state index contributed by atoms with van der Waals surface area (Å²) in [6.07, 6.45) is 5.05. The molecule has 0 aliphatic carbocycles. The lowest BCUT2D eigenvalue weighted by molar-refractivity contribution is -0.165. The van der Waals surface area contributed by atoms with Gasteiger partial charge in [0.05, 0.1) is 16.8 Å². The van der Waals surface area contributed by atoms with Gasteiger partial charge in [-0.2, -0.15) is 0 Å². The summed E-state index contributed by atoms with van der Waals surface area (Å²) in [6.45, 7) is 1.91. The SMILES string of the molecule is c1cc(OCCO[C@H]2CCCCO2)c2sccc2n1. The smallest absolute Gasteiger partial charge is 0.157 e. The molecule has 1 aliphatic heterocycles. The van der Waals surface area contributed by atoms with E-state index in [-0.39, 0.29) is 6.29 Å². The molecule has 0 spiro atoms. The second-order valence-corrected chi connectivity index (χ2v) is 5.38. The lowest BCUT2D eigenvalue weighted by Gasteiger charge is -2.22. The van der Waals surface area contributed by atoms with E-state index >= 15 is 0 Å². The quantitative estimate of drug-likeness (QED) is 0.788. The van der Waals surface area contributed by atoms with E-state index in [1.54, 1.807) is 17.5 Å². The summed E-state index contributed by atoms with van der Waals surface area (Å²) in [5, 5.41) is 2.02. The van der Waals surface area contributed by atoms with Crippen molar-refractivity contribution in [2.45, 2.75) is 25.6 Å². The average Bonchev–Trinajstić information content (AvgIpc) is 2.94. The summed E-state index contributed by atoms with van der Waals surface area (Å²) < 4.78 is 18.0. The van der Waals surface area contributed by atoms with Crippen molar-refractivity contribution in [3.63, 3.8) is 0 Å². The van der Waals surface area contributed by atoms with Gasteiger partial charge in [-0.15, -0.1) is 11.3 Å². The minimum atomic E-state index is -0.0449. The molecule has 2 aromatic heterocycles. The van der Waals surface area contributed by atoms with E-state index in [1.165, 1.54) is 6.42 Å². The van der Waals surface area contributed by atoms with Gasteiger partial charge in [0.25, 0.3) is 0 Å². The number of fused-ring (bicyclic) bond motifs is 1. The highest BCUT2D eigenvalue weighted by Gasteiger charge is 2.13. The minimum absolute atomic E-state index is 0.0449. The van der Waals surface area contributed by atoms with Gasteiger partial charge >= 0.3 is 0 Å². The van der Waals surface area contributed by atoms with E-state index in [1.807, 2.05) is 17.5 Å². The van der Waals surface area contributed by atoms with Crippen molar-refractivity contribution in [1.29, 1.82) is 0 Å². The Labute approximate surface area is 116 Å². The van der Waals surface area contributed by atoms with E-state index in [0.717, 1.165) is 35.4 Å². The molecular weight excluding hydrogens is 262 g/mol. The first-order valence-corrected chi connectivity index (χ1v) is 7.50. The van der Waals surface area contributed by atoms with Crippen LogP contribution < -0.4 is 4.74 Å². The molecule has 0 unspecified atom stereocenters. The van der Waals surface area contributed by atoms with E-state index in [2.05, 4.69) is 4.98 Å². The fourth-order valence-electron chi connectivity index (χ4n) is 2.14. The molecule has 3 heterocycles. The van der Waals surface area contributed by atoms with Crippen LogP contribution in [-0.2, 0) is 9.47 Å². The van der Waals surface area contributed by atoms with E-state index in [0.29, 0.717) is 13.2 Å². The lowest BCUT2D eigenvalue weighted by atomic mass is 10.2. The van der Waals surface area contributed by atoms with Crippen molar-refractivity contribution in [3.05, 3.63) is 23.7 Å². The summed E-state index contributed by atoms with van der Waals surface area (Å²) in [5.74, 6) is 0.883. The highest BCUT2D eigenvalue weighted by atomic mass is 32.1. The Morgan fingerprint density at radius 1 is 1.32 bits per heavy atom. The summed E-state index contributed by atoms with van der Waals surface area (Å²) in [4.78, 5) is 4.28. The summed E-state index contributed by atoms with van der Waals surface area (Å²) in [5.41, 5.74) is 0.985.